The number of nitrogens with zero attached hydrogens (tertiary/aromatic N) is 3. The van der Waals surface area contributed by atoms with Gasteiger partial charge in [0.05, 0.1) is 22.4 Å². The summed E-state index contributed by atoms with van der Waals surface area (Å²) in [6, 6.07) is 8.16. The van der Waals surface area contributed by atoms with Gasteiger partial charge in [-0.1, -0.05) is 33.3 Å². The molecule has 1 atom stereocenters. The molecule has 2 aromatic rings. The van der Waals surface area contributed by atoms with Crippen molar-refractivity contribution >= 4 is 27.7 Å². The van der Waals surface area contributed by atoms with Gasteiger partial charge in [-0.25, -0.2) is 4.68 Å². The fourth-order valence-corrected chi connectivity index (χ4v) is 2.19. The van der Waals surface area contributed by atoms with Gasteiger partial charge >= 0.3 is 0 Å². The molecule has 1 aromatic heterocycles. The third-order valence-electron chi connectivity index (χ3n) is 2.25. The molecule has 0 bridgehead atoms. The number of halogens is 1. The number of para-hydroxylation sites is 1. The summed E-state index contributed by atoms with van der Waals surface area (Å²) >= 11 is 5.19. The van der Waals surface area contributed by atoms with Gasteiger partial charge in [0, 0.05) is 4.90 Å². The van der Waals surface area contributed by atoms with E-state index in [2.05, 4.69) is 38.6 Å². The van der Waals surface area contributed by atoms with E-state index in [4.69, 9.17) is 0 Å². The van der Waals surface area contributed by atoms with Crippen LogP contribution in [0, 0.1) is 0 Å². The van der Waals surface area contributed by atoms with Crippen molar-refractivity contribution in [3.05, 3.63) is 36.2 Å². The van der Waals surface area contributed by atoms with Crippen molar-refractivity contribution in [1.29, 1.82) is 0 Å². The average Bonchev–Trinajstić information content (AvgIpc) is 2.78. The van der Waals surface area contributed by atoms with Crippen molar-refractivity contribution in [2.75, 3.05) is 6.26 Å². The topological polar surface area (TPSA) is 30.7 Å². The number of rotatable bonds is 3. The smallest absolute Gasteiger partial charge is 0.0965 e. The minimum Gasteiger partial charge on any atom is -0.219 e. The van der Waals surface area contributed by atoms with E-state index in [0.29, 0.717) is 0 Å². The maximum Gasteiger partial charge on any atom is 0.0965 e. The Morgan fingerprint density at radius 3 is 2.75 bits per heavy atom. The molecular formula is C11H12BrN3S. The molecule has 3 nitrogen and oxygen atoms in total. The summed E-state index contributed by atoms with van der Waals surface area (Å²) in [6.45, 7) is 2.04. The lowest BCUT2D eigenvalue weighted by molar-refractivity contribution is 0.786. The van der Waals surface area contributed by atoms with Crippen molar-refractivity contribution in [1.82, 2.24) is 15.0 Å². The van der Waals surface area contributed by atoms with Gasteiger partial charge in [-0.05, 0) is 25.3 Å². The zero-order chi connectivity index (χ0) is 11.5. The molecule has 0 aliphatic carbocycles. The van der Waals surface area contributed by atoms with Gasteiger partial charge in [0.1, 0.15) is 0 Å². The minimum absolute atomic E-state index is 0.225. The van der Waals surface area contributed by atoms with Gasteiger partial charge in [0.15, 0.2) is 0 Å². The quantitative estimate of drug-likeness (QED) is 0.642. The molecule has 0 amide bonds. The number of thioether (sulfide) groups is 1. The van der Waals surface area contributed by atoms with Crippen LogP contribution in [0.5, 0.6) is 0 Å². The summed E-state index contributed by atoms with van der Waals surface area (Å²) in [5.41, 5.74) is 2.01. The first-order chi connectivity index (χ1) is 7.72. The Bertz CT molecular complexity index is 482. The lowest BCUT2D eigenvalue weighted by atomic mass is 10.3. The van der Waals surface area contributed by atoms with E-state index in [9.17, 15) is 0 Å². The summed E-state index contributed by atoms with van der Waals surface area (Å²) in [6.07, 6.45) is 4.01. The molecule has 0 fully saturated rings. The molecule has 0 aliphatic rings. The van der Waals surface area contributed by atoms with Crippen molar-refractivity contribution in [2.24, 2.45) is 0 Å². The van der Waals surface area contributed by atoms with E-state index >= 15 is 0 Å². The van der Waals surface area contributed by atoms with Crippen LogP contribution in [0.1, 0.15) is 17.4 Å². The fourth-order valence-electron chi connectivity index (χ4n) is 1.40. The highest BCUT2D eigenvalue weighted by Crippen LogP contribution is 2.24. The van der Waals surface area contributed by atoms with Gasteiger partial charge in [-0.2, -0.15) is 0 Å². The number of hydrogen-bond acceptors (Lipinski definition) is 3. The SMILES string of the molecule is CSc1ccccc1-n1cc(C(C)Br)nn1. The Labute approximate surface area is 107 Å². The molecule has 0 aliphatic heterocycles. The number of aromatic nitrogens is 3. The summed E-state index contributed by atoms with van der Waals surface area (Å²) in [5.74, 6) is 0. The summed E-state index contributed by atoms with van der Waals surface area (Å²) in [4.78, 5) is 1.42. The van der Waals surface area contributed by atoms with E-state index in [1.165, 1.54) is 4.90 Å². The number of benzene rings is 1. The fraction of sp³-hybridized carbons (Fsp3) is 0.273. The summed E-state index contributed by atoms with van der Waals surface area (Å²) in [5, 5.41) is 8.26. The second kappa shape index (κ2) is 5.01. The second-order valence-corrected chi connectivity index (χ2v) is 5.60. The highest BCUT2D eigenvalue weighted by Gasteiger charge is 2.09. The van der Waals surface area contributed by atoms with Crippen LogP contribution in [-0.4, -0.2) is 21.2 Å². The van der Waals surface area contributed by atoms with Gasteiger partial charge in [0.2, 0.25) is 0 Å². The lowest BCUT2D eigenvalue weighted by Gasteiger charge is -2.05. The molecule has 1 aromatic carbocycles. The Hall–Kier alpha value is -0.810. The van der Waals surface area contributed by atoms with Crippen LogP contribution >= 0.6 is 27.7 Å². The Morgan fingerprint density at radius 2 is 2.12 bits per heavy atom. The van der Waals surface area contributed by atoms with Crippen LogP contribution in [0.25, 0.3) is 5.69 Å². The zero-order valence-corrected chi connectivity index (χ0v) is 11.5. The van der Waals surface area contributed by atoms with E-state index in [0.717, 1.165) is 11.4 Å². The first-order valence-electron chi connectivity index (χ1n) is 4.92. The molecule has 84 valence electrons. The van der Waals surface area contributed by atoms with Crippen molar-refractivity contribution in [3.8, 4) is 5.69 Å². The molecule has 0 radical (unpaired) electrons. The molecule has 16 heavy (non-hydrogen) atoms. The van der Waals surface area contributed by atoms with Crippen LogP contribution in [-0.2, 0) is 0 Å². The van der Waals surface area contributed by atoms with Gasteiger partial charge in [-0.15, -0.1) is 16.9 Å². The van der Waals surface area contributed by atoms with Crippen LogP contribution < -0.4 is 0 Å². The first-order valence-corrected chi connectivity index (χ1v) is 7.06. The monoisotopic (exact) mass is 297 g/mol. The third kappa shape index (κ3) is 2.30. The van der Waals surface area contributed by atoms with E-state index in [1.807, 2.05) is 36.0 Å². The predicted octanol–water partition coefficient (Wildman–Crippen LogP) is 3.45. The molecule has 0 saturated carbocycles. The summed E-state index contributed by atoms with van der Waals surface area (Å²) < 4.78 is 1.82. The van der Waals surface area contributed by atoms with Crippen molar-refractivity contribution in [2.45, 2.75) is 16.6 Å². The second-order valence-electron chi connectivity index (χ2n) is 3.38. The van der Waals surface area contributed by atoms with E-state index in [1.54, 1.807) is 11.8 Å². The molecule has 0 N–H and O–H groups in total. The average molecular weight is 298 g/mol. The maximum absolute atomic E-state index is 4.14. The van der Waals surface area contributed by atoms with Gasteiger partial charge in [0.25, 0.3) is 0 Å². The minimum atomic E-state index is 0.225. The standard InChI is InChI=1S/C11H12BrN3S/c1-8(12)9-7-15(14-13-9)10-5-3-4-6-11(10)16-2/h3-8H,1-2H3. The third-order valence-corrected chi connectivity index (χ3v) is 3.50. The van der Waals surface area contributed by atoms with Crippen molar-refractivity contribution < 1.29 is 0 Å². The number of alkyl halides is 1. The maximum atomic E-state index is 4.14. The van der Waals surface area contributed by atoms with Crippen LogP contribution in [0.15, 0.2) is 35.4 Å². The van der Waals surface area contributed by atoms with Crippen LogP contribution in [0.3, 0.4) is 0 Å². The van der Waals surface area contributed by atoms with E-state index < -0.39 is 0 Å². The Balaban J connectivity index is 2.42. The zero-order valence-electron chi connectivity index (χ0n) is 9.09. The molecule has 0 saturated heterocycles. The van der Waals surface area contributed by atoms with Crippen LogP contribution in [0.2, 0.25) is 0 Å². The van der Waals surface area contributed by atoms with Gasteiger partial charge in [-0.3, -0.25) is 0 Å². The largest absolute Gasteiger partial charge is 0.219 e. The Morgan fingerprint density at radius 1 is 1.38 bits per heavy atom. The molecule has 0 spiro atoms. The Kier molecular flexibility index (Phi) is 3.66. The van der Waals surface area contributed by atoms with Gasteiger partial charge < -0.3 is 0 Å². The van der Waals surface area contributed by atoms with Crippen molar-refractivity contribution in [3.63, 3.8) is 0 Å². The molecule has 2 rings (SSSR count). The lowest BCUT2D eigenvalue weighted by Crippen LogP contribution is -1.96. The molecule has 1 heterocycles. The molecule has 1 unspecified atom stereocenters. The first kappa shape index (κ1) is 11.7. The summed E-state index contributed by atoms with van der Waals surface area (Å²) in [7, 11) is 0. The predicted molar refractivity (Wildman–Crippen MR) is 70.5 cm³/mol. The molecular weight excluding hydrogens is 286 g/mol. The molecule has 5 heteroatoms. The van der Waals surface area contributed by atoms with E-state index in [-0.39, 0.29) is 4.83 Å². The van der Waals surface area contributed by atoms with Crippen LogP contribution in [0.4, 0.5) is 0 Å². The normalized spacial score (nSPS) is 12.7. The highest BCUT2D eigenvalue weighted by atomic mass is 79.9. The number of hydrogen-bond donors (Lipinski definition) is 0. The highest BCUT2D eigenvalue weighted by molar-refractivity contribution is 9.09.